The molecule has 1 saturated carbocycles. The topological polar surface area (TPSA) is 41.4 Å². The lowest BCUT2D eigenvalue weighted by molar-refractivity contribution is 0.0773. The molecule has 1 amide bonds. The number of likely N-dealkylation sites (tertiary alicyclic amines) is 1. The lowest BCUT2D eigenvalue weighted by atomic mass is 10.1. The first-order chi connectivity index (χ1) is 12.2. The average Bonchev–Trinajstić information content (AvgIpc) is 3.16. The van der Waals surface area contributed by atoms with E-state index in [1.807, 2.05) is 29.3 Å². The van der Waals surface area contributed by atoms with Crippen LogP contribution in [0.1, 0.15) is 41.4 Å². The maximum Gasteiger partial charge on any atom is 0.270 e. The van der Waals surface area contributed by atoms with Gasteiger partial charge >= 0.3 is 0 Å². The predicted molar refractivity (Wildman–Crippen MR) is 97.3 cm³/mol. The Morgan fingerprint density at radius 2 is 2.16 bits per heavy atom. The monoisotopic (exact) mass is 338 g/mol. The van der Waals surface area contributed by atoms with Crippen molar-refractivity contribution in [1.82, 2.24) is 19.4 Å². The fourth-order valence-corrected chi connectivity index (χ4v) is 3.88. The summed E-state index contributed by atoms with van der Waals surface area (Å²) in [5, 5.41) is 0. The lowest BCUT2D eigenvalue weighted by Crippen LogP contribution is -2.32. The lowest BCUT2D eigenvalue weighted by Gasteiger charge is -2.22. The number of carbonyl (C=O) groups is 1. The first-order valence-electron chi connectivity index (χ1n) is 9.24. The SMILES string of the molecule is CN(Cc1cccnc1)C[C@@H]1CCN(C(=O)c2cccn2C2CC2)C1. The van der Waals surface area contributed by atoms with Gasteiger partial charge in [-0.1, -0.05) is 6.07 Å². The summed E-state index contributed by atoms with van der Waals surface area (Å²) in [6, 6.07) is 8.62. The molecule has 0 spiro atoms. The van der Waals surface area contributed by atoms with Crippen molar-refractivity contribution in [3.05, 3.63) is 54.1 Å². The Balaban J connectivity index is 1.32. The molecule has 2 aromatic heterocycles. The molecule has 132 valence electrons. The molecule has 0 bridgehead atoms. The van der Waals surface area contributed by atoms with Crippen LogP contribution in [-0.4, -0.2) is 51.9 Å². The highest BCUT2D eigenvalue weighted by Crippen LogP contribution is 2.36. The summed E-state index contributed by atoms with van der Waals surface area (Å²) in [5.41, 5.74) is 2.10. The summed E-state index contributed by atoms with van der Waals surface area (Å²) in [6.45, 7) is 3.66. The van der Waals surface area contributed by atoms with Crippen LogP contribution in [0.4, 0.5) is 0 Å². The van der Waals surface area contributed by atoms with Crippen LogP contribution in [-0.2, 0) is 6.54 Å². The van der Waals surface area contributed by atoms with Gasteiger partial charge in [0.15, 0.2) is 0 Å². The fraction of sp³-hybridized carbons (Fsp3) is 0.500. The van der Waals surface area contributed by atoms with E-state index in [2.05, 4.69) is 33.8 Å². The molecule has 5 nitrogen and oxygen atoms in total. The number of rotatable bonds is 6. The van der Waals surface area contributed by atoms with Gasteiger partial charge in [0.2, 0.25) is 0 Å². The van der Waals surface area contributed by atoms with E-state index in [9.17, 15) is 4.79 Å². The van der Waals surface area contributed by atoms with Gasteiger partial charge in [0, 0.05) is 50.8 Å². The van der Waals surface area contributed by atoms with Crippen LogP contribution >= 0.6 is 0 Å². The number of aromatic nitrogens is 2. The van der Waals surface area contributed by atoms with Gasteiger partial charge in [0.05, 0.1) is 0 Å². The van der Waals surface area contributed by atoms with Crippen LogP contribution in [0.2, 0.25) is 0 Å². The molecule has 5 heteroatoms. The maximum absolute atomic E-state index is 12.9. The first kappa shape index (κ1) is 16.3. The van der Waals surface area contributed by atoms with E-state index >= 15 is 0 Å². The molecule has 1 aliphatic heterocycles. The molecular weight excluding hydrogens is 312 g/mol. The Labute approximate surface area is 149 Å². The molecule has 3 heterocycles. The Morgan fingerprint density at radius 1 is 1.28 bits per heavy atom. The van der Waals surface area contributed by atoms with Crippen LogP contribution in [0.3, 0.4) is 0 Å². The van der Waals surface area contributed by atoms with Crippen molar-refractivity contribution >= 4 is 5.91 Å². The normalized spacial score (nSPS) is 20.4. The van der Waals surface area contributed by atoms with Crippen LogP contribution in [0.15, 0.2) is 42.9 Å². The summed E-state index contributed by atoms with van der Waals surface area (Å²) in [6.07, 6.45) is 9.29. The Bertz CT molecular complexity index is 722. The van der Waals surface area contributed by atoms with E-state index < -0.39 is 0 Å². The summed E-state index contributed by atoms with van der Waals surface area (Å²) in [7, 11) is 2.15. The van der Waals surface area contributed by atoms with Crippen LogP contribution in [0, 0.1) is 5.92 Å². The molecule has 25 heavy (non-hydrogen) atoms. The summed E-state index contributed by atoms with van der Waals surface area (Å²) >= 11 is 0. The van der Waals surface area contributed by atoms with Crippen molar-refractivity contribution < 1.29 is 4.79 Å². The molecule has 1 aliphatic carbocycles. The molecule has 2 fully saturated rings. The number of amides is 1. The molecule has 0 radical (unpaired) electrons. The number of hydrogen-bond donors (Lipinski definition) is 0. The van der Waals surface area contributed by atoms with Crippen molar-refractivity contribution in [3.8, 4) is 0 Å². The quantitative estimate of drug-likeness (QED) is 0.813. The van der Waals surface area contributed by atoms with Gasteiger partial charge in [-0.05, 0) is 56.0 Å². The molecule has 2 aliphatic rings. The van der Waals surface area contributed by atoms with Gasteiger partial charge in [0.1, 0.15) is 5.69 Å². The minimum atomic E-state index is 0.203. The van der Waals surface area contributed by atoms with Crippen molar-refractivity contribution in [2.24, 2.45) is 5.92 Å². The standard InChI is InChI=1S/C20H26N4O/c1-22(13-16-4-2-9-21-12-16)14-17-8-11-23(15-17)20(25)19-5-3-10-24(19)18-6-7-18/h2-5,9-10,12,17-18H,6-8,11,13-15H2,1H3/t17-/m0/s1. The molecule has 1 saturated heterocycles. The Hall–Kier alpha value is -2.14. The van der Waals surface area contributed by atoms with Gasteiger partial charge in [0.25, 0.3) is 5.91 Å². The van der Waals surface area contributed by atoms with Crippen molar-refractivity contribution in [2.75, 3.05) is 26.7 Å². The molecule has 1 atom stereocenters. The summed E-state index contributed by atoms with van der Waals surface area (Å²) in [4.78, 5) is 21.4. The van der Waals surface area contributed by atoms with E-state index in [-0.39, 0.29) is 5.91 Å². The highest BCUT2D eigenvalue weighted by Gasteiger charge is 2.32. The maximum atomic E-state index is 12.9. The second kappa shape index (κ2) is 7.00. The zero-order valence-corrected chi connectivity index (χ0v) is 14.8. The van der Waals surface area contributed by atoms with Gasteiger partial charge in [-0.25, -0.2) is 0 Å². The van der Waals surface area contributed by atoms with E-state index in [4.69, 9.17) is 0 Å². The smallest absolute Gasteiger partial charge is 0.270 e. The molecular formula is C20H26N4O. The number of hydrogen-bond acceptors (Lipinski definition) is 3. The largest absolute Gasteiger partial charge is 0.340 e. The van der Waals surface area contributed by atoms with Crippen LogP contribution in [0.5, 0.6) is 0 Å². The number of pyridine rings is 1. The minimum absolute atomic E-state index is 0.203. The van der Waals surface area contributed by atoms with Crippen molar-refractivity contribution in [2.45, 2.75) is 31.8 Å². The molecule has 2 aromatic rings. The van der Waals surface area contributed by atoms with Gasteiger partial charge in [-0.2, -0.15) is 0 Å². The van der Waals surface area contributed by atoms with Gasteiger partial charge in [-0.3, -0.25) is 9.78 Å². The van der Waals surface area contributed by atoms with E-state index in [1.165, 1.54) is 18.4 Å². The van der Waals surface area contributed by atoms with Crippen LogP contribution in [0.25, 0.3) is 0 Å². The summed E-state index contributed by atoms with van der Waals surface area (Å²) < 4.78 is 2.17. The highest BCUT2D eigenvalue weighted by molar-refractivity contribution is 5.93. The number of nitrogens with zero attached hydrogens (tertiary/aromatic N) is 4. The van der Waals surface area contributed by atoms with Gasteiger partial charge in [-0.15, -0.1) is 0 Å². The van der Waals surface area contributed by atoms with E-state index in [0.29, 0.717) is 12.0 Å². The third kappa shape index (κ3) is 3.76. The minimum Gasteiger partial charge on any atom is -0.340 e. The predicted octanol–water partition coefficient (Wildman–Crippen LogP) is 2.81. The molecule has 4 rings (SSSR count). The Kier molecular flexibility index (Phi) is 4.57. The van der Waals surface area contributed by atoms with Crippen LogP contribution < -0.4 is 0 Å². The molecule has 0 aromatic carbocycles. The Morgan fingerprint density at radius 3 is 2.92 bits per heavy atom. The van der Waals surface area contributed by atoms with Gasteiger partial charge < -0.3 is 14.4 Å². The van der Waals surface area contributed by atoms with E-state index in [1.54, 1.807) is 6.20 Å². The van der Waals surface area contributed by atoms with Crippen molar-refractivity contribution in [1.29, 1.82) is 0 Å². The number of carbonyl (C=O) groups excluding carboxylic acids is 1. The third-order valence-corrected chi connectivity index (χ3v) is 5.26. The summed E-state index contributed by atoms with van der Waals surface area (Å²) in [5.74, 6) is 0.754. The highest BCUT2D eigenvalue weighted by atomic mass is 16.2. The zero-order valence-electron chi connectivity index (χ0n) is 14.8. The molecule has 0 N–H and O–H groups in total. The second-order valence-electron chi connectivity index (χ2n) is 7.50. The van der Waals surface area contributed by atoms with E-state index in [0.717, 1.165) is 38.3 Å². The third-order valence-electron chi connectivity index (χ3n) is 5.26. The van der Waals surface area contributed by atoms with Crippen molar-refractivity contribution in [3.63, 3.8) is 0 Å². The second-order valence-corrected chi connectivity index (χ2v) is 7.50. The average molecular weight is 338 g/mol. The zero-order chi connectivity index (χ0) is 17.2. The molecule has 0 unspecified atom stereocenters. The fourth-order valence-electron chi connectivity index (χ4n) is 3.88. The first-order valence-corrected chi connectivity index (χ1v) is 9.24.